The maximum Gasteiger partial charge on any atom is 0.311 e. The smallest absolute Gasteiger partial charge is 0.311 e. The topological polar surface area (TPSA) is 56.5 Å². The second-order valence-corrected chi connectivity index (χ2v) is 7.79. The Labute approximate surface area is 148 Å². The summed E-state index contributed by atoms with van der Waals surface area (Å²) in [6.45, 7) is 6.37. The lowest BCUT2D eigenvalue weighted by molar-refractivity contribution is -0.154. The van der Waals surface area contributed by atoms with Crippen LogP contribution in [0.25, 0.3) is 5.52 Å². The van der Waals surface area contributed by atoms with Gasteiger partial charge in [0.2, 0.25) is 0 Å². The Morgan fingerprint density at radius 2 is 2.22 bits per heavy atom. The summed E-state index contributed by atoms with van der Waals surface area (Å²) in [5.74, 6) is 0.778. The molecule has 1 aliphatic carbocycles. The molecule has 2 aromatic rings. The molecular formula is C16H19BrClN3O2. The van der Waals surface area contributed by atoms with Crippen LogP contribution in [0, 0.1) is 5.41 Å². The number of hydrogen-bond donors (Lipinski definition) is 0. The fourth-order valence-electron chi connectivity index (χ4n) is 3.65. The number of aromatic nitrogens is 3. The van der Waals surface area contributed by atoms with Gasteiger partial charge < -0.3 is 4.74 Å². The normalized spacial score (nSPS) is 27.5. The van der Waals surface area contributed by atoms with Crippen molar-refractivity contribution in [3.05, 3.63) is 28.0 Å². The van der Waals surface area contributed by atoms with Crippen LogP contribution >= 0.6 is 27.5 Å². The van der Waals surface area contributed by atoms with Crippen molar-refractivity contribution in [3.63, 3.8) is 0 Å². The quantitative estimate of drug-likeness (QED) is 0.726. The molecule has 0 radical (unpaired) electrons. The first-order valence-electron chi connectivity index (χ1n) is 7.66. The standard InChI is InChI=1S/C16H19BrClN3O2/c1-4-23-14(22)16(3)6-5-15(2,9-16)13-20-11(17)10-12(18)19-7-8-21(10)13/h7-8H,4-6,9H2,1-3H3/t15-,16-/m1/s1. The highest BCUT2D eigenvalue weighted by Crippen LogP contribution is 2.51. The summed E-state index contributed by atoms with van der Waals surface area (Å²) >= 11 is 9.67. The molecule has 0 unspecified atom stereocenters. The first-order valence-corrected chi connectivity index (χ1v) is 8.83. The Morgan fingerprint density at radius 1 is 1.48 bits per heavy atom. The van der Waals surface area contributed by atoms with E-state index in [2.05, 4.69) is 32.8 Å². The maximum atomic E-state index is 12.3. The molecular weight excluding hydrogens is 382 g/mol. The average molecular weight is 401 g/mol. The molecule has 1 saturated carbocycles. The number of ether oxygens (including phenoxy) is 1. The molecule has 2 atom stereocenters. The Hall–Kier alpha value is -1.14. The molecule has 0 bridgehead atoms. The zero-order valence-corrected chi connectivity index (χ0v) is 15.7. The summed E-state index contributed by atoms with van der Waals surface area (Å²) in [6.07, 6.45) is 5.88. The van der Waals surface area contributed by atoms with Crippen LogP contribution in [0.3, 0.4) is 0 Å². The predicted molar refractivity (Wildman–Crippen MR) is 91.6 cm³/mol. The van der Waals surface area contributed by atoms with E-state index in [-0.39, 0.29) is 11.4 Å². The fraction of sp³-hybridized carbons (Fsp3) is 0.562. The van der Waals surface area contributed by atoms with Gasteiger partial charge in [0.05, 0.1) is 12.0 Å². The second kappa shape index (κ2) is 5.74. The predicted octanol–water partition coefficient (Wildman–Crippen LogP) is 4.16. The van der Waals surface area contributed by atoms with Gasteiger partial charge in [-0.05, 0) is 49.0 Å². The summed E-state index contributed by atoms with van der Waals surface area (Å²) in [5, 5.41) is 0.410. The SMILES string of the molecule is CCOC(=O)[C@]1(C)CC[C@@](C)(c2nc(Br)c3c(Cl)nccn23)C1. The lowest BCUT2D eigenvalue weighted by Gasteiger charge is -2.26. The van der Waals surface area contributed by atoms with Crippen LogP contribution in [-0.4, -0.2) is 26.9 Å². The third-order valence-electron chi connectivity index (χ3n) is 4.78. The van der Waals surface area contributed by atoms with Gasteiger partial charge in [-0.25, -0.2) is 9.97 Å². The molecule has 0 N–H and O–H groups in total. The van der Waals surface area contributed by atoms with E-state index in [1.807, 2.05) is 24.4 Å². The van der Waals surface area contributed by atoms with Crippen LogP contribution in [0.5, 0.6) is 0 Å². The van der Waals surface area contributed by atoms with Crippen LogP contribution < -0.4 is 0 Å². The molecule has 7 heteroatoms. The van der Waals surface area contributed by atoms with Crippen molar-refractivity contribution < 1.29 is 9.53 Å². The molecule has 5 nitrogen and oxygen atoms in total. The number of carbonyl (C=O) groups excluding carboxylic acids is 1. The molecule has 0 amide bonds. The van der Waals surface area contributed by atoms with Crippen molar-refractivity contribution in [1.29, 1.82) is 0 Å². The number of fused-ring (bicyclic) bond motifs is 1. The van der Waals surface area contributed by atoms with Crippen molar-refractivity contribution in [2.45, 2.75) is 45.4 Å². The van der Waals surface area contributed by atoms with Crippen molar-refractivity contribution in [3.8, 4) is 0 Å². The average Bonchev–Trinajstić information content (AvgIpc) is 3.00. The molecule has 0 aromatic carbocycles. The monoisotopic (exact) mass is 399 g/mol. The van der Waals surface area contributed by atoms with Gasteiger partial charge >= 0.3 is 5.97 Å². The number of hydrogen-bond acceptors (Lipinski definition) is 4. The van der Waals surface area contributed by atoms with Gasteiger partial charge in [0.25, 0.3) is 0 Å². The molecule has 2 aromatic heterocycles. The van der Waals surface area contributed by atoms with Gasteiger partial charge in [-0.3, -0.25) is 9.20 Å². The van der Waals surface area contributed by atoms with E-state index in [9.17, 15) is 4.79 Å². The van der Waals surface area contributed by atoms with Crippen molar-refractivity contribution in [2.24, 2.45) is 5.41 Å². The highest BCUT2D eigenvalue weighted by molar-refractivity contribution is 9.10. The number of imidazole rings is 1. The van der Waals surface area contributed by atoms with Crippen molar-refractivity contribution in [1.82, 2.24) is 14.4 Å². The van der Waals surface area contributed by atoms with E-state index in [1.165, 1.54) is 0 Å². The molecule has 0 spiro atoms. The Bertz CT molecular complexity index is 778. The highest BCUT2D eigenvalue weighted by atomic mass is 79.9. The molecule has 1 fully saturated rings. The molecule has 0 aliphatic heterocycles. The van der Waals surface area contributed by atoms with Gasteiger partial charge in [0, 0.05) is 17.8 Å². The van der Waals surface area contributed by atoms with Gasteiger partial charge in [0.15, 0.2) is 5.15 Å². The van der Waals surface area contributed by atoms with Crippen molar-refractivity contribution in [2.75, 3.05) is 6.61 Å². The van der Waals surface area contributed by atoms with E-state index < -0.39 is 5.41 Å². The Morgan fingerprint density at radius 3 is 2.91 bits per heavy atom. The van der Waals surface area contributed by atoms with Gasteiger partial charge in [-0.2, -0.15) is 0 Å². The minimum atomic E-state index is -0.472. The Balaban J connectivity index is 2.03. The number of carbonyl (C=O) groups is 1. The number of esters is 1. The summed E-state index contributed by atoms with van der Waals surface area (Å²) in [5.41, 5.74) is 0.0660. The third kappa shape index (κ3) is 2.66. The van der Waals surface area contributed by atoms with E-state index in [1.54, 1.807) is 6.20 Å². The molecule has 0 saturated heterocycles. The van der Waals surface area contributed by atoms with Crippen LogP contribution in [0.2, 0.25) is 5.15 Å². The summed E-state index contributed by atoms with van der Waals surface area (Å²) in [4.78, 5) is 21.1. The molecule has 124 valence electrons. The molecule has 23 heavy (non-hydrogen) atoms. The van der Waals surface area contributed by atoms with Crippen LogP contribution in [0.4, 0.5) is 0 Å². The molecule has 3 rings (SSSR count). The largest absolute Gasteiger partial charge is 0.466 e. The Kier molecular flexibility index (Phi) is 4.17. The first-order chi connectivity index (χ1) is 10.8. The minimum absolute atomic E-state index is 0.122. The zero-order chi connectivity index (χ0) is 16.8. The van der Waals surface area contributed by atoms with E-state index in [4.69, 9.17) is 16.3 Å². The van der Waals surface area contributed by atoms with Gasteiger partial charge in [-0.15, -0.1) is 0 Å². The van der Waals surface area contributed by atoms with E-state index in [0.29, 0.717) is 22.8 Å². The van der Waals surface area contributed by atoms with E-state index in [0.717, 1.165) is 24.2 Å². The van der Waals surface area contributed by atoms with Gasteiger partial charge in [0.1, 0.15) is 15.9 Å². The van der Waals surface area contributed by atoms with Crippen LogP contribution in [-0.2, 0) is 14.9 Å². The van der Waals surface area contributed by atoms with Crippen LogP contribution in [0.1, 0.15) is 45.9 Å². The summed E-state index contributed by atoms with van der Waals surface area (Å²) < 4.78 is 7.91. The number of rotatable bonds is 3. The first kappa shape index (κ1) is 16.7. The molecule has 1 aliphatic rings. The lowest BCUT2D eigenvalue weighted by Crippen LogP contribution is -2.30. The number of halogens is 2. The summed E-state index contributed by atoms with van der Waals surface area (Å²) in [7, 11) is 0. The number of nitrogens with zero attached hydrogens (tertiary/aromatic N) is 3. The lowest BCUT2D eigenvalue weighted by atomic mass is 9.81. The highest BCUT2D eigenvalue weighted by Gasteiger charge is 2.50. The van der Waals surface area contributed by atoms with Gasteiger partial charge in [-0.1, -0.05) is 18.5 Å². The second-order valence-electron chi connectivity index (χ2n) is 6.68. The zero-order valence-electron chi connectivity index (χ0n) is 13.4. The third-order valence-corrected chi connectivity index (χ3v) is 5.61. The summed E-state index contributed by atoms with van der Waals surface area (Å²) in [6, 6.07) is 0. The fourth-order valence-corrected chi connectivity index (χ4v) is 4.54. The maximum absolute atomic E-state index is 12.3. The van der Waals surface area contributed by atoms with Crippen LogP contribution in [0.15, 0.2) is 17.0 Å². The van der Waals surface area contributed by atoms with Crippen molar-refractivity contribution >= 4 is 39.0 Å². The molecule has 2 heterocycles. The van der Waals surface area contributed by atoms with E-state index >= 15 is 0 Å². The minimum Gasteiger partial charge on any atom is -0.466 e.